The Morgan fingerprint density at radius 2 is 2.04 bits per heavy atom. The molecule has 0 aliphatic carbocycles. The first-order chi connectivity index (χ1) is 10.4. The molecule has 1 aromatic carbocycles. The van der Waals surface area contributed by atoms with Crippen molar-refractivity contribution in [3.63, 3.8) is 0 Å². The van der Waals surface area contributed by atoms with Crippen LogP contribution < -0.4 is 16.0 Å². The van der Waals surface area contributed by atoms with Gasteiger partial charge >= 0.3 is 0 Å². The number of anilines is 1. The summed E-state index contributed by atoms with van der Waals surface area (Å²) in [5.74, 6) is 0.606. The van der Waals surface area contributed by atoms with Crippen molar-refractivity contribution in [2.45, 2.75) is 45.6 Å². The number of rotatable bonds is 4. The van der Waals surface area contributed by atoms with Crippen LogP contribution in [-0.4, -0.2) is 30.5 Å². The number of para-hydroxylation sites is 1. The van der Waals surface area contributed by atoms with E-state index < -0.39 is 0 Å². The van der Waals surface area contributed by atoms with Crippen LogP contribution in [0, 0.1) is 0 Å². The molecule has 0 bridgehead atoms. The molecule has 5 nitrogen and oxygen atoms in total. The molecule has 0 atom stereocenters. The van der Waals surface area contributed by atoms with Crippen molar-refractivity contribution < 1.29 is 4.79 Å². The number of aliphatic imine (C=N–C) groups is 1. The molecular weight excluding hydrogens is 403 g/mol. The predicted molar refractivity (Wildman–Crippen MR) is 107 cm³/mol. The minimum Gasteiger partial charge on any atom is -0.370 e. The van der Waals surface area contributed by atoms with Crippen LogP contribution in [0.25, 0.3) is 0 Å². The summed E-state index contributed by atoms with van der Waals surface area (Å²) in [5.41, 5.74) is 8.03. The van der Waals surface area contributed by atoms with E-state index in [4.69, 9.17) is 5.73 Å². The third-order valence-electron chi connectivity index (χ3n) is 3.52. The molecule has 6 heteroatoms. The highest BCUT2D eigenvalue weighted by atomic mass is 127. The van der Waals surface area contributed by atoms with E-state index in [0.717, 1.165) is 18.7 Å². The summed E-state index contributed by atoms with van der Waals surface area (Å²) in [7, 11) is 0. The number of nitrogens with two attached hydrogens (primary N) is 1. The molecule has 1 heterocycles. The van der Waals surface area contributed by atoms with Gasteiger partial charge in [0.1, 0.15) is 0 Å². The second kappa shape index (κ2) is 8.52. The lowest BCUT2D eigenvalue weighted by molar-refractivity contribution is -0.118. The molecular formula is C17H27IN4O. The lowest BCUT2D eigenvalue weighted by Gasteiger charge is -2.21. The van der Waals surface area contributed by atoms with Gasteiger partial charge in [-0.05, 0) is 45.2 Å². The zero-order valence-electron chi connectivity index (χ0n) is 14.1. The fourth-order valence-electron chi connectivity index (χ4n) is 2.59. The lowest BCUT2D eigenvalue weighted by Crippen LogP contribution is -2.45. The molecule has 0 unspecified atom stereocenters. The Hall–Kier alpha value is -1.31. The van der Waals surface area contributed by atoms with Gasteiger partial charge in [-0.25, -0.2) is 0 Å². The summed E-state index contributed by atoms with van der Waals surface area (Å²) in [4.78, 5) is 18.5. The van der Waals surface area contributed by atoms with Gasteiger partial charge in [0.05, 0.1) is 0 Å². The van der Waals surface area contributed by atoms with E-state index in [2.05, 4.69) is 16.4 Å². The van der Waals surface area contributed by atoms with Crippen LogP contribution in [0.5, 0.6) is 0 Å². The number of fused-ring (bicyclic) bond motifs is 1. The Kier molecular flexibility index (Phi) is 7.31. The van der Waals surface area contributed by atoms with E-state index in [1.54, 1.807) is 0 Å². The van der Waals surface area contributed by atoms with Gasteiger partial charge < -0.3 is 16.0 Å². The Morgan fingerprint density at radius 1 is 1.35 bits per heavy atom. The zero-order chi connectivity index (χ0) is 16.2. The minimum atomic E-state index is -0.0946. The maximum atomic E-state index is 12.3. The van der Waals surface area contributed by atoms with Crippen LogP contribution in [0.15, 0.2) is 29.3 Å². The molecule has 0 spiro atoms. The van der Waals surface area contributed by atoms with E-state index in [1.165, 1.54) is 5.56 Å². The van der Waals surface area contributed by atoms with E-state index in [9.17, 15) is 4.79 Å². The SMILES string of the molecule is CC(C)(C)NC(N)=NCCCC(=O)N1CCc2ccccc21.I. The number of benzene rings is 1. The van der Waals surface area contributed by atoms with Gasteiger partial charge in [-0.2, -0.15) is 0 Å². The largest absolute Gasteiger partial charge is 0.370 e. The quantitative estimate of drug-likeness (QED) is 0.334. The number of hydrogen-bond donors (Lipinski definition) is 2. The van der Waals surface area contributed by atoms with Crippen LogP contribution in [0.3, 0.4) is 0 Å². The number of hydrogen-bond acceptors (Lipinski definition) is 2. The number of nitrogens with zero attached hydrogens (tertiary/aromatic N) is 2. The number of carbonyl (C=O) groups is 1. The zero-order valence-corrected chi connectivity index (χ0v) is 16.5. The second-order valence-electron chi connectivity index (χ2n) is 6.67. The van der Waals surface area contributed by atoms with Crippen LogP contribution in [-0.2, 0) is 11.2 Å². The first-order valence-electron chi connectivity index (χ1n) is 7.83. The topological polar surface area (TPSA) is 70.7 Å². The number of amides is 1. The summed E-state index contributed by atoms with van der Waals surface area (Å²) in [6.45, 7) is 7.45. The predicted octanol–water partition coefficient (Wildman–Crippen LogP) is 2.68. The maximum absolute atomic E-state index is 12.3. The second-order valence-corrected chi connectivity index (χ2v) is 6.67. The van der Waals surface area contributed by atoms with E-state index >= 15 is 0 Å². The number of nitrogens with one attached hydrogen (secondary N) is 1. The Labute approximate surface area is 155 Å². The van der Waals surface area contributed by atoms with Crippen molar-refractivity contribution in [3.05, 3.63) is 29.8 Å². The molecule has 0 fully saturated rings. The minimum absolute atomic E-state index is 0. The van der Waals surface area contributed by atoms with E-state index in [1.807, 2.05) is 43.9 Å². The van der Waals surface area contributed by atoms with Crippen molar-refractivity contribution in [2.75, 3.05) is 18.0 Å². The normalized spacial score (nSPS) is 14.2. The highest BCUT2D eigenvalue weighted by Crippen LogP contribution is 2.27. The third-order valence-corrected chi connectivity index (χ3v) is 3.52. The number of guanidine groups is 1. The van der Waals surface area contributed by atoms with Gasteiger partial charge in [-0.3, -0.25) is 9.79 Å². The third kappa shape index (κ3) is 6.01. The molecule has 0 saturated heterocycles. The summed E-state index contributed by atoms with van der Waals surface area (Å²) in [6.07, 6.45) is 2.16. The van der Waals surface area contributed by atoms with Crippen molar-refractivity contribution in [1.82, 2.24) is 5.32 Å². The molecule has 23 heavy (non-hydrogen) atoms. The molecule has 1 aliphatic heterocycles. The Morgan fingerprint density at radius 3 is 2.74 bits per heavy atom. The summed E-state index contributed by atoms with van der Waals surface area (Å²) < 4.78 is 0. The fourth-order valence-corrected chi connectivity index (χ4v) is 2.59. The molecule has 3 N–H and O–H groups in total. The number of carbonyl (C=O) groups excluding carboxylic acids is 1. The van der Waals surface area contributed by atoms with Gasteiger partial charge in [0.15, 0.2) is 5.96 Å². The summed E-state index contributed by atoms with van der Waals surface area (Å²) >= 11 is 0. The van der Waals surface area contributed by atoms with Gasteiger partial charge in [0, 0.05) is 30.7 Å². The Balaban J connectivity index is 0.00000264. The van der Waals surface area contributed by atoms with Crippen molar-refractivity contribution >= 4 is 41.5 Å². The van der Waals surface area contributed by atoms with Gasteiger partial charge in [0.25, 0.3) is 0 Å². The highest BCUT2D eigenvalue weighted by Gasteiger charge is 2.23. The van der Waals surface area contributed by atoms with Crippen LogP contribution in [0.2, 0.25) is 0 Å². The van der Waals surface area contributed by atoms with E-state index in [-0.39, 0.29) is 35.4 Å². The smallest absolute Gasteiger partial charge is 0.227 e. The first kappa shape index (κ1) is 19.7. The van der Waals surface area contributed by atoms with Crippen LogP contribution >= 0.6 is 24.0 Å². The lowest BCUT2D eigenvalue weighted by atomic mass is 10.1. The average molecular weight is 430 g/mol. The number of halogens is 1. The first-order valence-corrected chi connectivity index (χ1v) is 7.83. The van der Waals surface area contributed by atoms with Crippen molar-refractivity contribution in [3.8, 4) is 0 Å². The van der Waals surface area contributed by atoms with Gasteiger partial charge in [-0.15, -0.1) is 24.0 Å². The van der Waals surface area contributed by atoms with Crippen LogP contribution in [0.4, 0.5) is 5.69 Å². The molecule has 0 aromatic heterocycles. The molecule has 128 valence electrons. The average Bonchev–Trinajstić information content (AvgIpc) is 2.85. The van der Waals surface area contributed by atoms with Crippen LogP contribution in [0.1, 0.15) is 39.2 Å². The summed E-state index contributed by atoms with van der Waals surface area (Å²) in [5, 5.41) is 3.11. The molecule has 0 radical (unpaired) electrons. The molecule has 1 amide bonds. The molecule has 2 rings (SSSR count). The van der Waals surface area contributed by atoms with Gasteiger partial charge in [0.2, 0.25) is 5.91 Å². The van der Waals surface area contributed by atoms with Crippen molar-refractivity contribution in [2.24, 2.45) is 10.7 Å². The monoisotopic (exact) mass is 430 g/mol. The maximum Gasteiger partial charge on any atom is 0.227 e. The molecule has 1 aromatic rings. The fraction of sp³-hybridized carbons (Fsp3) is 0.529. The molecule has 0 saturated carbocycles. The highest BCUT2D eigenvalue weighted by molar-refractivity contribution is 14.0. The molecule has 1 aliphatic rings. The van der Waals surface area contributed by atoms with E-state index in [0.29, 0.717) is 25.3 Å². The van der Waals surface area contributed by atoms with Gasteiger partial charge in [-0.1, -0.05) is 18.2 Å². The summed E-state index contributed by atoms with van der Waals surface area (Å²) in [6, 6.07) is 8.11. The standard InChI is InChI=1S/C17H26N4O.HI/c1-17(2,3)20-16(18)19-11-6-9-15(22)21-12-10-13-7-4-5-8-14(13)21;/h4-5,7-8H,6,9-12H2,1-3H3,(H3,18,19,20);1H. The van der Waals surface area contributed by atoms with Crippen molar-refractivity contribution in [1.29, 1.82) is 0 Å². The Bertz CT molecular complexity index is 566.